The van der Waals surface area contributed by atoms with Gasteiger partial charge in [0.1, 0.15) is 23.2 Å². The van der Waals surface area contributed by atoms with Crippen molar-refractivity contribution < 1.29 is 39.9 Å². The number of hydrogen-bond acceptors (Lipinski definition) is 9. The molecule has 0 spiro atoms. The van der Waals surface area contributed by atoms with E-state index in [1.54, 1.807) is 6.92 Å². The molecule has 1 aromatic rings. The van der Waals surface area contributed by atoms with Gasteiger partial charge in [-0.25, -0.2) is 0 Å². The van der Waals surface area contributed by atoms with Crippen molar-refractivity contribution in [1.82, 2.24) is 0 Å². The van der Waals surface area contributed by atoms with Crippen LogP contribution in [0.15, 0.2) is 28.6 Å². The van der Waals surface area contributed by atoms with Crippen LogP contribution in [-0.2, 0) is 9.59 Å². The highest BCUT2D eigenvalue weighted by Gasteiger charge is 2.67. The molecule has 1 amide bonds. The number of rotatable bonds is 2. The Balaban J connectivity index is 1.97. The van der Waals surface area contributed by atoms with Gasteiger partial charge in [-0.1, -0.05) is 12.0 Å². The number of aliphatic hydroxyl groups excluding tert-OH is 3. The number of phenols is 1. The Morgan fingerprint density at radius 1 is 1.28 bits per heavy atom. The fraction of sp³-hybridized carbons (Fsp3) is 0.450. The molecule has 0 bridgehead atoms. The van der Waals surface area contributed by atoms with Crippen LogP contribution in [0.3, 0.4) is 0 Å². The first kappa shape index (κ1) is 21.8. The molecule has 7 atom stereocenters. The topological polar surface area (TPSA) is 227 Å². The number of carbonyl (C=O) groups excluding carboxylic acids is 3. The van der Waals surface area contributed by atoms with Gasteiger partial charge < -0.3 is 31.3 Å². The summed E-state index contributed by atoms with van der Waals surface area (Å²) < 4.78 is 0. The number of amides is 1. The van der Waals surface area contributed by atoms with Crippen LogP contribution in [-0.4, -0.2) is 60.8 Å². The zero-order valence-corrected chi connectivity index (χ0v) is 16.7. The molecule has 7 N–H and O–H groups in total. The zero-order valence-electron chi connectivity index (χ0n) is 16.7. The Morgan fingerprint density at radius 3 is 2.53 bits per heavy atom. The highest BCUT2D eigenvalue weighted by atomic mass is 16.4. The number of carbonyl (C=O) groups is 3. The number of azide groups is 1. The van der Waals surface area contributed by atoms with E-state index in [1.165, 1.54) is 6.07 Å². The first-order chi connectivity index (χ1) is 15.0. The molecule has 5 unspecified atom stereocenters. The molecule has 0 aromatic heterocycles. The Hall–Kier alpha value is -3.44. The van der Waals surface area contributed by atoms with Crippen LogP contribution in [0, 0.1) is 17.8 Å². The lowest BCUT2D eigenvalue weighted by Crippen LogP contribution is -2.69. The summed E-state index contributed by atoms with van der Waals surface area (Å²) in [7, 11) is 0. The number of nitrogens with two attached hydrogens (primary N) is 1. The van der Waals surface area contributed by atoms with Crippen molar-refractivity contribution in [1.29, 1.82) is 0 Å². The van der Waals surface area contributed by atoms with Crippen molar-refractivity contribution in [3.63, 3.8) is 0 Å². The number of fused-ring (bicyclic) bond motifs is 3. The summed E-state index contributed by atoms with van der Waals surface area (Å²) in [5.41, 5.74) is 10.4. The third-order valence-corrected chi connectivity index (χ3v) is 7.06. The summed E-state index contributed by atoms with van der Waals surface area (Å²) in [5.74, 6) is -9.58. The maximum atomic E-state index is 13.4. The third kappa shape index (κ3) is 2.55. The molecule has 0 heterocycles. The van der Waals surface area contributed by atoms with Crippen LogP contribution in [0.2, 0.25) is 0 Å². The number of aromatic hydroxyl groups is 1. The maximum Gasteiger partial charge on any atom is 0.255 e. The summed E-state index contributed by atoms with van der Waals surface area (Å²) in [6.45, 7) is 1.58. The Kier molecular flexibility index (Phi) is 4.79. The van der Waals surface area contributed by atoms with Crippen molar-refractivity contribution in [3.8, 4) is 5.75 Å². The van der Waals surface area contributed by atoms with Gasteiger partial charge in [-0.2, -0.15) is 0 Å². The fourth-order valence-corrected chi connectivity index (χ4v) is 5.66. The van der Waals surface area contributed by atoms with Crippen LogP contribution in [0.1, 0.15) is 35.2 Å². The molecule has 0 saturated heterocycles. The molecule has 12 nitrogen and oxygen atoms in total. The van der Waals surface area contributed by atoms with E-state index in [2.05, 4.69) is 10.0 Å². The molecule has 1 aromatic carbocycles. The lowest BCUT2D eigenvalue weighted by Gasteiger charge is -2.56. The largest absolute Gasteiger partial charge is 0.508 e. The fourth-order valence-electron chi connectivity index (χ4n) is 5.66. The molecular formula is C20H20N4O8. The van der Waals surface area contributed by atoms with Crippen molar-refractivity contribution >= 4 is 23.2 Å². The number of hydrogen-bond donors (Lipinski definition) is 6. The summed E-state index contributed by atoms with van der Waals surface area (Å²) in [5, 5.41) is 58.0. The van der Waals surface area contributed by atoms with Gasteiger partial charge in [0, 0.05) is 28.9 Å². The lowest BCUT2D eigenvalue weighted by atomic mass is 9.51. The van der Waals surface area contributed by atoms with Gasteiger partial charge in [0.25, 0.3) is 5.91 Å². The Bertz CT molecular complexity index is 1160. The first-order valence-corrected chi connectivity index (χ1v) is 9.78. The zero-order chi connectivity index (χ0) is 23.7. The summed E-state index contributed by atoms with van der Waals surface area (Å²) in [6, 6.07) is 2.44. The Morgan fingerprint density at radius 2 is 1.94 bits per heavy atom. The summed E-state index contributed by atoms with van der Waals surface area (Å²) in [6.07, 6.45) is -4.26. The van der Waals surface area contributed by atoms with Crippen molar-refractivity contribution in [3.05, 3.63) is 45.0 Å². The molecule has 0 radical (unpaired) electrons. The predicted molar refractivity (Wildman–Crippen MR) is 106 cm³/mol. The van der Waals surface area contributed by atoms with Crippen molar-refractivity contribution in [2.45, 2.75) is 37.1 Å². The van der Waals surface area contributed by atoms with E-state index in [9.17, 15) is 39.9 Å². The quantitative estimate of drug-likeness (QED) is 0.159. The predicted octanol–water partition coefficient (Wildman–Crippen LogP) is 0.219. The minimum atomic E-state index is -2.70. The second-order valence-corrected chi connectivity index (χ2v) is 8.42. The molecule has 32 heavy (non-hydrogen) atoms. The smallest absolute Gasteiger partial charge is 0.255 e. The van der Waals surface area contributed by atoms with Gasteiger partial charge >= 0.3 is 0 Å². The summed E-state index contributed by atoms with van der Waals surface area (Å²) >= 11 is 0. The number of benzene rings is 1. The van der Waals surface area contributed by atoms with Gasteiger partial charge in [-0.15, -0.1) is 0 Å². The van der Waals surface area contributed by atoms with Crippen LogP contribution < -0.4 is 5.73 Å². The molecule has 168 valence electrons. The van der Waals surface area contributed by atoms with Gasteiger partial charge in [-0.3, -0.25) is 14.4 Å². The molecule has 0 aliphatic heterocycles. The van der Waals surface area contributed by atoms with E-state index in [4.69, 9.17) is 11.3 Å². The van der Waals surface area contributed by atoms with Crippen LogP contribution in [0.25, 0.3) is 10.4 Å². The van der Waals surface area contributed by atoms with E-state index in [0.29, 0.717) is 0 Å². The minimum Gasteiger partial charge on any atom is -0.508 e. The average molecular weight is 444 g/mol. The minimum absolute atomic E-state index is 0.0422. The van der Waals surface area contributed by atoms with Crippen LogP contribution in [0.5, 0.6) is 5.75 Å². The number of nitrogens with zero attached hydrogens (tertiary/aromatic N) is 3. The lowest BCUT2D eigenvalue weighted by molar-refractivity contribution is -0.209. The molecule has 3 aliphatic carbocycles. The normalized spacial score (nSPS) is 36.0. The van der Waals surface area contributed by atoms with Gasteiger partial charge in [0.05, 0.1) is 17.6 Å². The van der Waals surface area contributed by atoms with E-state index >= 15 is 0 Å². The van der Waals surface area contributed by atoms with Crippen molar-refractivity contribution in [2.24, 2.45) is 28.6 Å². The molecular weight excluding hydrogens is 424 g/mol. The molecule has 1 fully saturated rings. The van der Waals surface area contributed by atoms with Gasteiger partial charge in [-0.05, 0) is 29.1 Å². The SMILES string of the molecule is C[C@@H]1c2c(N=[N+]=[N-])ccc(O)c2C(=O)C2C1[C@H](O)C1CC(=O)C(C(N)=O)=C(O)C1(O)C2O. The highest BCUT2D eigenvalue weighted by molar-refractivity contribution is 6.20. The van der Waals surface area contributed by atoms with E-state index < -0.39 is 82.5 Å². The van der Waals surface area contributed by atoms with Crippen LogP contribution >= 0.6 is 0 Å². The maximum absolute atomic E-state index is 13.4. The molecule has 3 aliphatic rings. The van der Waals surface area contributed by atoms with E-state index in [1.807, 2.05) is 0 Å². The molecule has 12 heteroatoms. The number of aliphatic hydroxyl groups is 4. The second kappa shape index (κ2) is 7.04. The standard InChI is InChI=1S/C20H20N4O8/c1-5-10-7(23-24-22)2-3-8(25)12(10)16(28)14-11(5)15(27)6-4-9(26)13(19(21)31)17(29)20(6,32)18(14)30/h2-3,5-6,11,14-15,18,25,27,29-30,32H,4H2,1H3,(H2,21,31)/t5-,6?,11?,14?,15-,18?,20?/m1/s1. The van der Waals surface area contributed by atoms with Crippen LogP contribution in [0.4, 0.5) is 5.69 Å². The average Bonchev–Trinajstić information content (AvgIpc) is 2.72. The third-order valence-electron chi connectivity index (χ3n) is 7.06. The monoisotopic (exact) mass is 444 g/mol. The molecule has 4 rings (SSSR count). The number of Topliss-reactive ketones (excluding diaryl/α,β-unsaturated/α-hetero) is 2. The number of primary amides is 1. The van der Waals surface area contributed by atoms with E-state index in [-0.39, 0.29) is 16.8 Å². The highest BCUT2D eigenvalue weighted by Crippen LogP contribution is 2.57. The second-order valence-electron chi connectivity index (χ2n) is 8.42. The molecule has 1 saturated carbocycles. The first-order valence-electron chi connectivity index (χ1n) is 9.78. The summed E-state index contributed by atoms with van der Waals surface area (Å²) in [4.78, 5) is 40.2. The van der Waals surface area contributed by atoms with Gasteiger partial charge in [0.15, 0.2) is 17.2 Å². The van der Waals surface area contributed by atoms with E-state index in [0.717, 1.165) is 6.07 Å². The number of ketones is 2. The number of phenolic OH excluding ortho intramolecular Hbond substituents is 1. The van der Waals surface area contributed by atoms with Crippen molar-refractivity contribution in [2.75, 3.05) is 0 Å². The van der Waals surface area contributed by atoms with Gasteiger partial charge in [0.2, 0.25) is 0 Å². The Labute approximate surface area is 180 Å².